The number of piperidine rings is 1. The van der Waals surface area contributed by atoms with Crippen molar-refractivity contribution in [3.63, 3.8) is 0 Å². The summed E-state index contributed by atoms with van der Waals surface area (Å²) >= 11 is 0. The van der Waals surface area contributed by atoms with Crippen LogP contribution in [0.15, 0.2) is 30.3 Å². The van der Waals surface area contributed by atoms with Crippen molar-refractivity contribution < 1.29 is 14.7 Å². The van der Waals surface area contributed by atoms with Crippen LogP contribution in [0.3, 0.4) is 0 Å². The average Bonchev–Trinajstić information content (AvgIpc) is 3.06. The molecule has 0 saturated carbocycles. The molecule has 1 aliphatic heterocycles. The van der Waals surface area contributed by atoms with Crippen LogP contribution in [0.25, 0.3) is 0 Å². The summed E-state index contributed by atoms with van der Waals surface area (Å²) < 4.78 is 1.53. The predicted octanol–water partition coefficient (Wildman–Crippen LogP) is 1.09. The van der Waals surface area contributed by atoms with Crippen LogP contribution in [-0.2, 0) is 16.0 Å². The van der Waals surface area contributed by atoms with Crippen molar-refractivity contribution in [2.45, 2.75) is 32.2 Å². The molecule has 2 unspecified atom stereocenters. The number of aliphatic carboxylic acids is 1. The molecular formula is C17H21N5O3. The Labute approximate surface area is 145 Å². The van der Waals surface area contributed by atoms with Crippen LogP contribution in [0, 0.1) is 12.8 Å². The summed E-state index contributed by atoms with van der Waals surface area (Å²) in [6, 6.07) is 9.09. The first-order chi connectivity index (χ1) is 12.1. The zero-order valence-electron chi connectivity index (χ0n) is 14.1. The van der Waals surface area contributed by atoms with E-state index < -0.39 is 17.9 Å². The van der Waals surface area contributed by atoms with Crippen molar-refractivity contribution >= 4 is 11.9 Å². The van der Waals surface area contributed by atoms with Crippen LogP contribution in [-0.4, -0.2) is 55.2 Å². The first-order valence-electron chi connectivity index (χ1n) is 8.36. The van der Waals surface area contributed by atoms with Gasteiger partial charge in [0.25, 0.3) is 0 Å². The zero-order valence-corrected chi connectivity index (χ0v) is 14.1. The van der Waals surface area contributed by atoms with Gasteiger partial charge in [0.2, 0.25) is 5.91 Å². The molecule has 1 fully saturated rings. The number of hydrogen-bond donors (Lipinski definition) is 1. The van der Waals surface area contributed by atoms with Crippen molar-refractivity contribution in [1.29, 1.82) is 0 Å². The van der Waals surface area contributed by atoms with E-state index in [0.29, 0.717) is 31.6 Å². The van der Waals surface area contributed by atoms with Crippen LogP contribution in [0.5, 0.6) is 0 Å². The van der Waals surface area contributed by atoms with Gasteiger partial charge in [0, 0.05) is 19.5 Å². The number of likely N-dealkylation sites (tertiary alicyclic amines) is 1. The van der Waals surface area contributed by atoms with Crippen LogP contribution in [0.2, 0.25) is 0 Å². The van der Waals surface area contributed by atoms with E-state index in [1.165, 1.54) is 4.68 Å². The molecule has 1 N–H and O–H groups in total. The highest BCUT2D eigenvalue weighted by molar-refractivity contribution is 5.82. The molecule has 0 aliphatic carbocycles. The lowest BCUT2D eigenvalue weighted by molar-refractivity contribution is -0.146. The lowest BCUT2D eigenvalue weighted by atomic mass is 9.96. The second kappa shape index (κ2) is 7.42. The zero-order chi connectivity index (χ0) is 17.8. The highest BCUT2D eigenvalue weighted by Gasteiger charge is 2.33. The first-order valence-corrected chi connectivity index (χ1v) is 8.36. The van der Waals surface area contributed by atoms with Gasteiger partial charge in [0.05, 0.1) is 5.92 Å². The van der Waals surface area contributed by atoms with Crippen molar-refractivity contribution in [1.82, 2.24) is 25.1 Å². The fourth-order valence-corrected chi connectivity index (χ4v) is 3.23. The second-order valence-electron chi connectivity index (χ2n) is 6.34. The van der Waals surface area contributed by atoms with E-state index in [-0.39, 0.29) is 12.5 Å². The maximum atomic E-state index is 13.1. The molecule has 1 aliphatic rings. The lowest BCUT2D eigenvalue weighted by Gasteiger charge is -2.33. The fourth-order valence-electron chi connectivity index (χ4n) is 3.23. The van der Waals surface area contributed by atoms with Crippen LogP contribution >= 0.6 is 0 Å². The summed E-state index contributed by atoms with van der Waals surface area (Å²) in [7, 11) is 0. The normalized spacial score (nSPS) is 18.8. The molecule has 1 saturated heterocycles. The number of aryl methyl sites for hydroxylation is 1. The molecule has 1 aromatic carbocycles. The molecule has 0 spiro atoms. The number of tetrazole rings is 1. The van der Waals surface area contributed by atoms with E-state index in [1.54, 1.807) is 11.8 Å². The number of nitrogens with zero attached hydrogens (tertiary/aromatic N) is 5. The largest absolute Gasteiger partial charge is 0.481 e. The molecule has 8 heteroatoms. The third-order valence-electron chi connectivity index (χ3n) is 4.59. The number of aromatic nitrogens is 4. The Kier molecular flexibility index (Phi) is 5.06. The molecule has 1 aromatic heterocycles. The molecule has 2 atom stereocenters. The molecule has 2 heterocycles. The van der Waals surface area contributed by atoms with Crippen molar-refractivity contribution in [3.05, 3.63) is 41.7 Å². The van der Waals surface area contributed by atoms with Gasteiger partial charge in [-0.1, -0.05) is 30.3 Å². The van der Waals surface area contributed by atoms with E-state index in [1.807, 2.05) is 30.3 Å². The molecule has 1 amide bonds. The third kappa shape index (κ3) is 3.84. The maximum Gasteiger partial charge on any atom is 0.308 e. The van der Waals surface area contributed by atoms with Gasteiger partial charge in [-0.2, -0.15) is 0 Å². The molecule has 3 rings (SSSR count). The van der Waals surface area contributed by atoms with Gasteiger partial charge >= 0.3 is 5.97 Å². The van der Waals surface area contributed by atoms with Crippen LogP contribution < -0.4 is 0 Å². The molecule has 25 heavy (non-hydrogen) atoms. The minimum atomic E-state index is -0.851. The third-order valence-corrected chi connectivity index (χ3v) is 4.59. The summed E-state index contributed by atoms with van der Waals surface area (Å²) in [5.74, 6) is -0.938. The molecular weight excluding hydrogens is 322 g/mol. The van der Waals surface area contributed by atoms with E-state index >= 15 is 0 Å². The molecule has 0 bridgehead atoms. The van der Waals surface area contributed by atoms with E-state index in [9.17, 15) is 14.7 Å². The fraction of sp³-hybridized carbons (Fsp3) is 0.471. The molecule has 132 valence electrons. The number of amides is 1. The van der Waals surface area contributed by atoms with Gasteiger partial charge in [-0.3, -0.25) is 9.59 Å². The number of hydrogen-bond acceptors (Lipinski definition) is 5. The number of carboxylic acids is 1. The van der Waals surface area contributed by atoms with Crippen LogP contribution in [0.1, 0.15) is 30.3 Å². The summed E-state index contributed by atoms with van der Waals surface area (Å²) in [4.78, 5) is 26.1. The molecule has 2 aromatic rings. The molecule has 0 radical (unpaired) electrons. The SMILES string of the molecule is Cc1nnnn1C(Cc1ccccc1)C(=O)N1CCCC(C(=O)O)C1. The highest BCUT2D eigenvalue weighted by Crippen LogP contribution is 2.23. The standard InChI is InChI=1S/C17H21N5O3/c1-12-18-19-20-22(12)15(10-13-6-3-2-4-7-13)16(23)21-9-5-8-14(11-21)17(24)25/h2-4,6-7,14-15H,5,8-11H2,1H3,(H,24,25). The number of rotatable bonds is 5. The second-order valence-corrected chi connectivity index (χ2v) is 6.34. The van der Waals surface area contributed by atoms with E-state index in [4.69, 9.17) is 0 Å². The lowest BCUT2D eigenvalue weighted by Crippen LogP contribution is -2.46. The van der Waals surface area contributed by atoms with E-state index in [0.717, 1.165) is 5.56 Å². The van der Waals surface area contributed by atoms with Gasteiger partial charge in [-0.15, -0.1) is 5.10 Å². The van der Waals surface area contributed by atoms with Crippen molar-refractivity contribution in [2.75, 3.05) is 13.1 Å². The monoisotopic (exact) mass is 343 g/mol. The Morgan fingerprint density at radius 1 is 1.32 bits per heavy atom. The Morgan fingerprint density at radius 3 is 2.72 bits per heavy atom. The number of carbonyl (C=O) groups is 2. The van der Waals surface area contributed by atoms with Crippen molar-refractivity contribution in [3.8, 4) is 0 Å². The summed E-state index contributed by atoms with van der Waals surface area (Å²) in [5.41, 5.74) is 1.00. The van der Waals surface area contributed by atoms with Gasteiger partial charge in [-0.05, 0) is 35.8 Å². The Bertz CT molecular complexity index is 746. The molecule has 8 nitrogen and oxygen atoms in total. The van der Waals surface area contributed by atoms with Gasteiger partial charge < -0.3 is 10.0 Å². The highest BCUT2D eigenvalue weighted by atomic mass is 16.4. The Hall–Kier alpha value is -2.77. The van der Waals surface area contributed by atoms with Crippen molar-refractivity contribution in [2.24, 2.45) is 5.92 Å². The topological polar surface area (TPSA) is 101 Å². The Balaban J connectivity index is 1.84. The minimum absolute atomic E-state index is 0.134. The smallest absolute Gasteiger partial charge is 0.308 e. The van der Waals surface area contributed by atoms with Gasteiger partial charge in [-0.25, -0.2) is 4.68 Å². The summed E-state index contributed by atoms with van der Waals surface area (Å²) in [6.07, 6.45) is 1.75. The quantitative estimate of drug-likeness (QED) is 0.872. The first kappa shape index (κ1) is 17.1. The summed E-state index contributed by atoms with van der Waals surface area (Å²) in [5, 5.41) is 20.8. The number of benzene rings is 1. The summed E-state index contributed by atoms with van der Waals surface area (Å²) in [6.45, 7) is 2.55. The average molecular weight is 343 g/mol. The number of carboxylic acid groups (broad SMARTS) is 1. The van der Waals surface area contributed by atoms with E-state index in [2.05, 4.69) is 15.5 Å². The van der Waals surface area contributed by atoms with Gasteiger partial charge in [0.15, 0.2) is 0 Å². The predicted molar refractivity (Wildman–Crippen MR) is 88.7 cm³/mol. The maximum absolute atomic E-state index is 13.1. The van der Waals surface area contributed by atoms with Gasteiger partial charge in [0.1, 0.15) is 11.9 Å². The Morgan fingerprint density at radius 2 is 2.08 bits per heavy atom. The minimum Gasteiger partial charge on any atom is -0.481 e. The van der Waals surface area contributed by atoms with Crippen LogP contribution in [0.4, 0.5) is 0 Å². The number of carbonyl (C=O) groups excluding carboxylic acids is 1.